The Morgan fingerprint density at radius 2 is 1.92 bits per heavy atom. The highest BCUT2D eigenvalue weighted by Gasteiger charge is 2.23. The number of carbonyl (C=O) groups excluding carboxylic acids is 1. The quantitative estimate of drug-likeness (QED) is 0.871. The van der Waals surface area contributed by atoms with E-state index < -0.39 is 11.9 Å². The number of aliphatic hydroxyl groups excluding tert-OH is 1. The fourth-order valence-corrected chi connectivity index (χ4v) is 2.80. The number of rotatable bonds is 6. The number of halogens is 1. The molecule has 5 heteroatoms. The van der Waals surface area contributed by atoms with Gasteiger partial charge in [0.25, 0.3) is 0 Å². The Hall–Kier alpha value is -2.71. The van der Waals surface area contributed by atoms with Gasteiger partial charge in [-0.15, -0.1) is 0 Å². The van der Waals surface area contributed by atoms with Crippen LogP contribution in [0.2, 0.25) is 0 Å². The number of nitriles is 1. The molecule has 0 heterocycles. The third-order valence-electron chi connectivity index (χ3n) is 4.25. The van der Waals surface area contributed by atoms with Crippen LogP contribution in [0.15, 0.2) is 48.5 Å². The lowest BCUT2D eigenvalue weighted by molar-refractivity contribution is -0.135. The maximum Gasteiger partial charge on any atom is 0.226 e. The van der Waals surface area contributed by atoms with Crippen LogP contribution in [0.3, 0.4) is 0 Å². The number of aliphatic hydroxyl groups is 1. The molecule has 0 radical (unpaired) electrons. The molecular weight excluding hydrogens is 319 g/mol. The largest absolute Gasteiger partial charge is 0.388 e. The Balaban J connectivity index is 2.10. The first-order valence-electron chi connectivity index (χ1n) is 8.19. The van der Waals surface area contributed by atoms with Crippen molar-refractivity contribution in [3.05, 3.63) is 71.0 Å². The van der Waals surface area contributed by atoms with Crippen molar-refractivity contribution in [2.45, 2.75) is 32.4 Å². The summed E-state index contributed by atoms with van der Waals surface area (Å²) in [7, 11) is 0. The smallest absolute Gasteiger partial charge is 0.226 e. The van der Waals surface area contributed by atoms with E-state index in [2.05, 4.69) is 6.07 Å². The lowest BCUT2D eigenvalue weighted by Gasteiger charge is -2.29. The number of amides is 1. The minimum atomic E-state index is -1.05. The van der Waals surface area contributed by atoms with Crippen molar-refractivity contribution >= 4 is 5.91 Å². The Morgan fingerprint density at radius 1 is 1.24 bits per heavy atom. The van der Waals surface area contributed by atoms with Crippen LogP contribution in [0.4, 0.5) is 4.39 Å². The molecule has 2 unspecified atom stereocenters. The molecule has 130 valence electrons. The average molecular weight is 340 g/mol. The maximum atomic E-state index is 13.3. The number of hydrogen-bond donors (Lipinski definition) is 1. The molecule has 0 aliphatic heterocycles. The zero-order chi connectivity index (χ0) is 18.4. The van der Waals surface area contributed by atoms with E-state index in [9.17, 15) is 14.3 Å². The molecule has 4 nitrogen and oxygen atoms in total. The van der Waals surface area contributed by atoms with Gasteiger partial charge in [0.1, 0.15) is 5.82 Å². The summed E-state index contributed by atoms with van der Waals surface area (Å²) in [5, 5.41) is 19.1. The van der Waals surface area contributed by atoms with E-state index >= 15 is 0 Å². The fourth-order valence-electron chi connectivity index (χ4n) is 2.80. The first-order valence-corrected chi connectivity index (χ1v) is 8.19. The molecule has 2 rings (SSSR count). The lowest BCUT2D eigenvalue weighted by atomic mass is 10.0. The zero-order valence-corrected chi connectivity index (χ0v) is 14.3. The van der Waals surface area contributed by atoms with Crippen LogP contribution >= 0.6 is 0 Å². The normalized spacial score (nSPS) is 12.9. The van der Waals surface area contributed by atoms with E-state index in [0.717, 1.165) is 5.56 Å². The highest BCUT2D eigenvalue weighted by molar-refractivity contribution is 5.77. The second-order valence-electron chi connectivity index (χ2n) is 5.86. The summed E-state index contributed by atoms with van der Waals surface area (Å²) in [5.74, 6) is -0.654. The Kier molecular flexibility index (Phi) is 6.26. The van der Waals surface area contributed by atoms with Crippen molar-refractivity contribution in [3.63, 3.8) is 0 Å². The number of hydrogen-bond acceptors (Lipinski definition) is 3. The van der Waals surface area contributed by atoms with E-state index in [4.69, 9.17) is 5.26 Å². The maximum absolute atomic E-state index is 13.3. The standard InChI is InChI=1S/C20H21FN2O2/c1-3-23(14(2)16-9-7-15(13-22)8-10-16)20(25)12-19(24)17-5-4-6-18(21)11-17/h4-11,14,19,24H,3,12H2,1-2H3. The molecule has 0 aliphatic carbocycles. The predicted octanol–water partition coefficient (Wildman–Crippen LogP) is 3.73. The summed E-state index contributed by atoms with van der Waals surface area (Å²) in [4.78, 5) is 14.3. The van der Waals surface area contributed by atoms with Crippen LogP contribution < -0.4 is 0 Å². The molecule has 0 spiro atoms. The highest BCUT2D eigenvalue weighted by atomic mass is 19.1. The van der Waals surface area contributed by atoms with Crippen molar-refractivity contribution in [1.29, 1.82) is 5.26 Å². The summed E-state index contributed by atoms with van der Waals surface area (Å²) in [6.07, 6.45) is -1.16. The molecule has 0 fully saturated rings. The molecule has 2 aromatic rings. The van der Waals surface area contributed by atoms with Gasteiger partial charge in [-0.2, -0.15) is 5.26 Å². The van der Waals surface area contributed by atoms with Gasteiger partial charge in [-0.3, -0.25) is 4.79 Å². The summed E-state index contributed by atoms with van der Waals surface area (Å²) in [5.41, 5.74) is 1.86. The molecule has 0 saturated heterocycles. The van der Waals surface area contributed by atoms with E-state index in [-0.39, 0.29) is 18.4 Å². The molecule has 0 bridgehead atoms. The highest BCUT2D eigenvalue weighted by Crippen LogP contribution is 2.24. The monoisotopic (exact) mass is 340 g/mol. The van der Waals surface area contributed by atoms with Gasteiger partial charge in [0.05, 0.1) is 30.2 Å². The van der Waals surface area contributed by atoms with Gasteiger partial charge in [0, 0.05) is 6.54 Å². The summed E-state index contributed by atoms with van der Waals surface area (Å²) >= 11 is 0. The van der Waals surface area contributed by atoms with Crippen LogP contribution in [0, 0.1) is 17.1 Å². The zero-order valence-electron chi connectivity index (χ0n) is 14.3. The fraction of sp³-hybridized carbons (Fsp3) is 0.300. The number of nitrogens with zero attached hydrogens (tertiary/aromatic N) is 2. The average Bonchev–Trinajstić information content (AvgIpc) is 2.62. The van der Waals surface area contributed by atoms with Crippen LogP contribution in [0.25, 0.3) is 0 Å². The van der Waals surface area contributed by atoms with E-state index in [1.54, 1.807) is 23.1 Å². The van der Waals surface area contributed by atoms with Gasteiger partial charge in [-0.05, 0) is 49.2 Å². The SMILES string of the molecule is CCN(C(=O)CC(O)c1cccc(F)c1)C(C)c1ccc(C#N)cc1. The number of benzene rings is 2. The number of carbonyl (C=O) groups is 1. The van der Waals surface area contributed by atoms with Gasteiger partial charge in [-0.1, -0.05) is 24.3 Å². The molecule has 25 heavy (non-hydrogen) atoms. The third kappa shape index (κ3) is 4.65. The van der Waals surface area contributed by atoms with Crippen molar-refractivity contribution in [2.75, 3.05) is 6.54 Å². The van der Waals surface area contributed by atoms with E-state index in [0.29, 0.717) is 17.7 Å². The summed E-state index contributed by atoms with van der Waals surface area (Å²) in [6, 6.07) is 14.6. The second-order valence-corrected chi connectivity index (χ2v) is 5.86. The molecule has 0 aliphatic rings. The Bertz CT molecular complexity index is 768. The first-order chi connectivity index (χ1) is 12.0. The topological polar surface area (TPSA) is 64.3 Å². The third-order valence-corrected chi connectivity index (χ3v) is 4.25. The molecule has 0 aromatic heterocycles. The molecule has 1 N–H and O–H groups in total. The second kappa shape index (κ2) is 8.41. The summed E-state index contributed by atoms with van der Waals surface area (Å²) < 4.78 is 13.3. The minimum absolute atomic E-state index is 0.113. The summed E-state index contributed by atoms with van der Waals surface area (Å²) in [6.45, 7) is 4.25. The van der Waals surface area contributed by atoms with Crippen molar-refractivity contribution in [3.8, 4) is 6.07 Å². The van der Waals surface area contributed by atoms with Crippen LogP contribution in [0.5, 0.6) is 0 Å². The molecular formula is C20H21FN2O2. The predicted molar refractivity (Wildman–Crippen MR) is 92.9 cm³/mol. The van der Waals surface area contributed by atoms with Gasteiger partial charge >= 0.3 is 0 Å². The van der Waals surface area contributed by atoms with Crippen molar-refractivity contribution in [2.24, 2.45) is 0 Å². The Labute approximate surface area is 147 Å². The van der Waals surface area contributed by atoms with Crippen molar-refractivity contribution < 1.29 is 14.3 Å². The molecule has 2 atom stereocenters. The van der Waals surface area contributed by atoms with E-state index in [1.807, 2.05) is 26.0 Å². The van der Waals surface area contributed by atoms with Gasteiger partial charge < -0.3 is 10.0 Å². The molecule has 0 saturated carbocycles. The molecule has 2 aromatic carbocycles. The van der Waals surface area contributed by atoms with E-state index in [1.165, 1.54) is 18.2 Å². The van der Waals surface area contributed by atoms with Crippen LogP contribution in [0.1, 0.15) is 49.1 Å². The van der Waals surface area contributed by atoms with Crippen molar-refractivity contribution in [1.82, 2.24) is 4.90 Å². The molecule has 1 amide bonds. The minimum Gasteiger partial charge on any atom is -0.388 e. The first kappa shape index (κ1) is 18.6. The Morgan fingerprint density at radius 3 is 2.48 bits per heavy atom. The van der Waals surface area contributed by atoms with Gasteiger partial charge in [-0.25, -0.2) is 4.39 Å². The van der Waals surface area contributed by atoms with Gasteiger partial charge in [0.2, 0.25) is 5.91 Å². The van der Waals surface area contributed by atoms with Gasteiger partial charge in [0.15, 0.2) is 0 Å². The van der Waals surface area contributed by atoms with Crippen LogP contribution in [-0.4, -0.2) is 22.5 Å². The lowest BCUT2D eigenvalue weighted by Crippen LogP contribution is -2.34. The van der Waals surface area contributed by atoms with Crippen LogP contribution in [-0.2, 0) is 4.79 Å².